The maximum atomic E-state index is 12.2. The summed E-state index contributed by atoms with van der Waals surface area (Å²) in [6, 6.07) is 9.77. The molecule has 24 heavy (non-hydrogen) atoms. The first-order chi connectivity index (χ1) is 11.6. The molecule has 1 heterocycles. The van der Waals surface area contributed by atoms with Crippen molar-refractivity contribution >= 4 is 12.0 Å². The SMILES string of the molecule is CCOC(=O)N(C)CC(=O)N1CCC(COc2ccccc2)CC1. The largest absolute Gasteiger partial charge is 0.493 e. The van der Waals surface area contributed by atoms with Crippen molar-refractivity contribution in [1.82, 2.24) is 9.80 Å². The molecule has 6 heteroatoms. The van der Waals surface area contributed by atoms with Crippen LogP contribution in [0.4, 0.5) is 4.79 Å². The number of piperidine rings is 1. The van der Waals surface area contributed by atoms with Crippen molar-refractivity contribution in [2.45, 2.75) is 19.8 Å². The summed E-state index contributed by atoms with van der Waals surface area (Å²) >= 11 is 0. The van der Waals surface area contributed by atoms with Gasteiger partial charge in [-0.25, -0.2) is 4.79 Å². The predicted octanol–water partition coefficient (Wildman–Crippen LogP) is 2.39. The van der Waals surface area contributed by atoms with E-state index in [1.54, 1.807) is 14.0 Å². The van der Waals surface area contributed by atoms with Gasteiger partial charge in [0.1, 0.15) is 12.3 Å². The molecule has 6 nitrogen and oxygen atoms in total. The van der Waals surface area contributed by atoms with Gasteiger partial charge in [0.05, 0.1) is 13.2 Å². The van der Waals surface area contributed by atoms with Gasteiger partial charge in [-0.15, -0.1) is 0 Å². The number of carbonyl (C=O) groups excluding carboxylic acids is 2. The standard InChI is InChI=1S/C18H26N2O4/c1-3-23-18(22)19(2)13-17(21)20-11-9-15(10-12-20)14-24-16-7-5-4-6-8-16/h4-8,15H,3,9-14H2,1-2H3. The van der Waals surface area contributed by atoms with Crippen LogP contribution >= 0.6 is 0 Å². The third kappa shape index (κ3) is 5.44. The van der Waals surface area contributed by atoms with Crippen molar-refractivity contribution in [1.29, 1.82) is 0 Å². The highest BCUT2D eigenvalue weighted by Crippen LogP contribution is 2.19. The summed E-state index contributed by atoms with van der Waals surface area (Å²) in [5.74, 6) is 1.30. The summed E-state index contributed by atoms with van der Waals surface area (Å²) in [6.07, 6.45) is 1.38. The molecule has 0 N–H and O–H groups in total. The highest BCUT2D eigenvalue weighted by atomic mass is 16.6. The molecular formula is C18H26N2O4. The second kappa shape index (κ2) is 9.15. The summed E-state index contributed by atoms with van der Waals surface area (Å²) in [4.78, 5) is 26.9. The van der Waals surface area contributed by atoms with Crippen LogP contribution in [-0.4, -0.2) is 61.7 Å². The van der Waals surface area contributed by atoms with Crippen molar-refractivity contribution in [2.75, 3.05) is 39.9 Å². The molecule has 0 aliphatic carbocycles. The fraction of sp³-hybridized carbons (Fsp3) is 0.556. The minimum absolute atomic E-state index is 0.0343. The Morgan fingerprint density at radius 3 is 2.50 bits per heavy atom. The fourth-order valence-corrected chi connectivity index (χ4v) is 2.68. The van der Waals surface area contributed by atoms with Gasteiger partial charge in [0, 0.05) is 20.1 Å². The van der Waals surface area contributed by atoms with E-state index < -0.39 is 6.09 Å². The van der Waals surface area contributed by atoms with Crippen LogP contribution < -0.4 is 4.74 Å². The van der Waals surface area contributed by atoms with Crippen LogP contribution in [0, 0.1) is 5.92 Å². The molecule has 132 valence electrons. The van der Waals surface area contributed by atoms with Crippen LogP contribution in [0.2, 0.25) is 0 Å². The van der Waals surface area contributed by atoms with Crippen LogP contribution in [0.25, 0.3) is 0 Å². The minimum Gasteiger partial charge on any atom is -0.493 e. The molecular weight excluding hydrogens is 308 g/mol. The molecule has 0 aromatic heterocycles. The Morgan fingerprint density at radius 1 is 1.21 bits per heavy atom. The van der Waals surface area contributed by atoms with E-state index >= 15 is 0 Å². The molecule has 0 unspecified atom stereocenters. The number of benzene rings is 1. The Morgan fingerprint density at radius 2 is 1.88 bits per heavy atom. The van der Waals surface area contributed by atoms with Crippen LogP contribution in [0.5, 0.6) is 5.75 Å². The van der Waals surface area contributed by atoms with Gasteiger partial charge in [0.25, 0.3) is 0 Å². The Bertz CT molecular complexity index is 527. The van der Waals surface area contributed by atoms with Gasteiger partial charge in [-0.2, -0.15) is 0 Å². The normalized spacial score (nSPS) is 15.0. The number of hydrogen-bond acceptors (Lipinski definition) is 4. The zero-order chi connectivity index (χ0) is 17.4. The lowest BCUT2D eigenvalue weighted by Crippen LogP contribution is -2.45. The minimum atomic E-state index is -0.461. The molecule has 2 amide bonds. The number of carbonyl (C=O) groups is 2. The van der Waals surface area contributed by atoms with Crippen molar-refractivity contribution in [2.24, 2.45) is 5.92 Å². The van der Waals surface area contributed by atoms with Gasteiger partial charge >= 0.3 is 6.09 Å². The molecule has 1 aliphatic heterocycles. The lowest BCUT2D eigenvalue weighted by atomic mass is 9.98. The first-order valence-corrected chi connectivity index (χ1v) is 8.43. The van der Waals surface area contributed by atoms with Crippen LogP contribution in [-0.2, 0) is 9.53 Å². The van der Waals surface area contributed by atoms with E-state index in [0.29, 0.717) is 32.2 Å². The summed E-state index contributed by atoms with van der Waals surface area (Å²) < 4.78 is 10.7. The van der Waals surface area contributed by atoms with Crippen LogP contribution in [0.3, 0.4) is 0 Å². The third-order valence-corrected chi connectivity index (χ3v) is 4.15. The first kappa shape index (κ1) is 18.1. The maximum Gasteiger partial charge on any atom is 0.409 e. The third-order valence-electron chi connectivity index (χ3n) is 4.15. The number of likely N-dealkylation sites (N-methyl/N-ethyl adjacent to an activating group) is 1. The summed E-state index contributed by atoms with van der Waals surface area (Å²) in [5, 5.41) is 0. The highest BCUT2D eigenvalue weighted by molar-refractivity contribution is 5.82. The van der Waals surface area contributed by atoms with E-state index in [4.69, 9.17) is 9.47 Å². The van der Waals surface area contributed by atoms with Gasteiger partial charge in [0.15, 0.2) is 0 Å². The van der Waals surface area contributed by atoms with Gasteiger partial charge in [-0.05, 0) is 37.8 Å². The van der Waals surface area contributed by atoms with Gasteiger partial charge in [-0.1, -0.05) is 18.2 Å². The number of amides is 2. The Balaban J connectivity index is 1.70. The Kier molecular flexibility index (Phi) is 6.90. The highest BCUT2D eigenvalue weighted by Gasteiger charge is 2.25. The summed E-state index contributed by atoms with van der Waals surface area (Å²) in [7, 11) is 1.58. The van der Waals surface area contributed by atoms with E-state index in [2.05, 4.69) is 0 Å². The Hall–Kier alpha value is -2.24. The number of para-hydroxylation sites is 1. The van der Waals surface area contributed by atoms with E-state index in [9.17, 15) is 9.59 Å². The summed E-state index contributed by atoms with van der Waals surface area (Å²) in [5.41, 5.74) is 0. The second-order valence-corrected chi connectivity index (χ2v) is 6.00. The van der Waals surface area contributed by atoms with Gasteiger partial charge < -0.3 is 19.3 Å². The molecule has 2 rings (SSSR count). The van der Waals surface area contributed by atoms with E-state index in [0.717, 1.165) is 18.6 Å². The average Bonchev–Trinajstić information content (AvgIpc) is 2.61. The molecule has 0 bridgehead atoms. The van der Waals surface area contributed by atoms with Crippen molar-refractivity contribution in [3.8, 4) is 5.75 Å². The molecule has 1 fully saturated rings. The molecule has 0 radical (unpaired) electrons. The molecule has 1 aromatic carbocycles. The number of ether oxygens (including phenoxy) is 2. The molecule has 1 aliphatic rings. The lowest BCUT2D eigenvalue weighted by Gasteiger charge is -2.32. The fourth-order valence-electron chi connectivity index (χ4n) is 2.68. The summed E-state index contributed by atoms with van der Waals surface area (Å²) in [6.45, 7) is 4.20. The van der Waals surface area contributed by atoms with Crippen LogP contribution in [0.1, 0.15) is 19.8 Å². The van der Waals surface area contributed by atoms with Gasteiger partial charge in [0.2, 0.25) is 5.91 Å². The zero-order valence-corrected chi connectivity index (χ0v) is 14.4. The van der Waals surface area contributed by atoms with Crippen molar-refractivity contribution in [3.63, 3.8) is 0 Å². The molecule has 0 atom stereocenters. The smallest absolute Gasteiger partial charge is 0.409 e. The molecule has 0 saturated carbocycles. The number of hydrogen-bond donors (Lipinski definition) is 0. The van der Waals surface area contributed by atoms with Crippen molar-refractivity contribution < 1.29 is 19.1 Å². The monoisotopic (exact) mass is 334 g/mol. The molecule has 1 aromatic rings. The van der Waals surface area contributed by atoms with Gasteiger partial charge in [-0.3, -0.25) is 4.79 Å². The second-order valence-electron chi connectivity index (χ2n) is 6.00. The quantitative estimate of drug-likeness (QED) is 0.801. The van der Waals surface area contributed by atoms with E-state index in [1.165, 1.54) is 4.90 Å². The number of nitrogens with zero attached hydrogens (tertiary/aromatic N) is 2. The maximum absolute atomic E-state index is 12.2. The lowest BCUT2D eigenvalue weighted by molar-refractivity contribution is -0.133. The Labute approximate surface area is 143 Å². The van der Waals surface area contributed by atoms with E-state index in [1.807, 2.05) is 35.2 Å². The first-order valence-electron chi connectivity index (χ1n) is 8.43. The molecule has 1 saturated heterocycles. The predicted molar refractivity (Wildman–Crippen MR) is 90.9 cm³/mol. The zero-order valence-electron chi connectivity index (χ0n) is 14.4. The number of likely N-dealkylation sites (tertiary alicyclic amines) is 1. The average molecular weight is 334 g/mol. The topological polar surface area (TPSA) is 59.1 Å². The van der Waals surface area contributed by atoms with Crippen molar-refractivity contribution in [3.05, 3.63) is 30.3 Å². The molecule has 0 spiro atoms. The van der Waals surface area contributed by atoms with Crippen LogP contribution in [0.15, 0.2) is 30.3 Å². The number of rotatable bonds is 6. The van der Waals surface area contributed by atoms with E-state index in [-0.39, 0.29) is 12.5 Å².